The second-order valence-electron chi connectivity index (χ2n) is 6.96. The maximum Gasteiger partial charge on any atom is 0.260 e. The fourth-order valence-electron chi connectivity index (χ4n) is 3.95. The fraction of sp³-hybridized carbons (Fsp3) is 0.381. The van der Waals surface area contributed by atoms with Crippen LogP contribution in [-0.4, -0.2) is 34.8 Å². The first-order valence-corrected chi connectivity index (χ1v) is 9.37. The molecule has 0 spiro atoms. The predicted molar refractivity (Wildman–Crippen MR) is 99.9 cm³/mol. The minimum atomic E-state index is -0.336. The third-order valence-corrected chi connectivity index (χ3v) is 5.28. The van der Waals surface area contributed by atoms with Gasteiger partial charge in [-0.2, -0.15) is 0 Å². The minimum Gasteiger partial charge on any atom is -0.343 e. The molecule has 1 aromatic heterocycles. The number of carbonyl (C=O) groups is 2. The molecule has 0 N–H and O–H groups in total. The summed E-state index contributed by atoms with van der Waals surface area (Å²) in [6.07, 6.45) is 6.48. The van der Waals surface area contributed by atoms with E-state index in [4.69, 9.17) is 0 Å². The molecule has 0 saturated carbocycles. The van der Waals surface area contributed by atoms with E-state index < -0.39 is 0 Å². The van der Waals surface area contributed by atoms with Gasteiger partial charge < -0.3 is 4.90 Å². The Balaban J connectivity index is 1.64. The van der Waals surface area contributed by atoms with Gasteiger partial charge in [-0.1, -0.05) is 31.0 Å². The number of pyridine rings is 1. The summed E-state index contributed by atoms with van der Waals surface area (Å²) >= 11 is 0. The summed E-state index contributed by atoms with van der Waals surface area (Å²) in [6, 6.07) is 12.8. The van der Waals surface area contributed by atoms with E-state index in [-0.39, 0.29) is 24.3 Å². The van der Waals surface area contributed by atoms with Crippen molar-refractivity contribution in [2.45, 2.75) is 38.1 Å². The Hall–Kier alpha value is -2.69. The van der Waals surface area contributed by atoms with Crippen LogP contribution in [-0.2, 0) is 4.79 Å². The summed E-state index contributed by atoms with van der Waals surface area (Å²) in [4.78, 5) is 34.1. The number of carbonyl (C=O) groups excluding carboxylic acids is 2. The lowest BCUT2D eigenvalue weighted by Crippen LogP contribution is -2.36. The quantitative estimate of drug-likeness (QED) is 0.851. The highest BCUT2D eigenvalue weighted by atomic mass is 16.2. The Morgan fingerprint density at radius 2 is 1.73 bits per heavy atom. The molecule has 2 aliphatic heterocycles. The highest BCUT2D eigenvalue weighted by Gasteiger charge is 2.40. The normalized spacial score (nSPS) is 20.0. The van der Waals surface area contributed by atoms with Crippen molar-refractivity contribution in [2.24, 2.45) is 0 Å². The van der Waals surface area contributed by atoms with Gasteiger partial charge in [-0.05, 0) is 37.1 Å². The van der Waals surface area contributed by atoms with Crippen molar-refractivity contribution >= 4 is 17.5 Å². The molecule has 4 rings (SSSR count). The van der Waals surface area contributed by atoms with Crippen LogP contribution in [0.1, 0.15) is 54.2 Å². The van der Waals surface area contributed by atoms with Gasteiger partial charge in [-0.25, -0.2) is 0 Å². The molecule has 0 bridgehead atoms. The second kappa shape index (κ2) is 7.28. The monoisotopic (exact) mass is 349 g/mol. The molecule has 1 saturated heterocycles. The van der Waals surface area contributed by atoms with Crippen molar-refractivity contribution in [3.63, 3.8) is 0 Å². The lowest BCUT2D eigenvalue weighted by Gasteiger charge is -2.27. The van der Waals surface area contributed by atoms with Gasteiger partial charge in [-0.15, -0.1) is 0 Å². The summed E-state index contributed by atoms with van der Waals surface area (Å²) in [5, 5.41) is 0. The summed E-state index contributed by atoms with van der Waals surface area (Å²) in [7, 11) is 0. The maximum atomic E-state index is 13.0. The van der Waals surface area contributed by atoms with E-state index in [1.54, 1.807) is 23.2 Å². The van der Waals surface area contributed by atoms with Crippen molar-refractivity contribution in [3.05, 3.63) is 59.9 Å². The van der Waals surface area contributed by atoms with Crippen LogP contribution in [0.4, 0.5) is 5.69 Å². The van der Waals surface area contributed by atoms with Gasteiger partial charge in [0.15, 0.2) is 0 Å². The highest BCUT2D eigenvalue weighted by Crippen LogP contribution is 2.38. The number of amides is 2. The van der Waals surface area contributed by atoms with Crippen LogP contribution >= 0.6 is 0 Å². The molecule has 1 unspecified atom stereocenters. The summed E-state index contributed by atoms with van der Waals surface area (Å²) in [6.45, 7) is 1.64. The molecule has 134 valence electrons. The van der Waals surface area contributed by atoms with Crippen LogP contribution in [0, 0.1) is 0 Å². The van der Waals surface area contributed by atoms with Gasteiger partial charge in [0, 0.05) is 25.0 Å². The number of aromatic nitrogens is 1. The zero-order valence-corrected chi connectivity index (χ0v) is 14.8. The van der Waals surface area contributed by atoms with Gasteiger partial charge in [0.2, 0.25) is 5.91 Å². The highest BCUT2D eigenvalue weighted by molar-refractivity contribution is 6.11. The second-order valence-corrected chi connectivity index (χ2v) is 6.96. The number of anilines is 1. The van der Waals surface area contributed by atoms with Crippen LogP contribution in [0.5, 0.6) is 0 Å². The Morgan fingerprint density at radius 1 is 1.00 bits per heavy atom. The van der Waals surface area contributed by atoms with E-state index in [1.807, 2.05) is 35.2 Å². The Bertz CT molecular complexity index is 798. The first kappa shape index (κ1) is 16.8. The molecular formula is C21H23N3O2. The minimum absolute atomic E-state index is 0.0760. The average molecular weight is 349 g/mol. The molecule has 5 nitrogen and oxygen atoms in total. The van der Waals surface area contributed by atoms with Gasteiger partial charge in [-0.3, -0.25) is 19.5 Å². The Labute approximate surface area is 153 Å². The number of para-hydroxylation sites is 1. The summed E-state index contributed by atoms with van der Waals surface area (Å²) in [5.74, 6) is 0.0390. The van der Waals surface area contributed by atoms with Crippen molar-refractivity contribution < 1.29 is 9.59 Å². The topological polar surface area (TPSA) is 53.5 Å². The van der Waals surface area contributed by atoms with Crippen LogP contribution < -0.4 is 4.90 Å². The van der Waals surface area contributed by atoms with E-state index in [1.165, 1.54) is 12.8 Å². The van der Waals surface area contributed by atoms with E-state index in [0.717, 1.165) is 31.6 Å². The van der Waals surface area contributed by atoms with E-state index in [2.05, 4.69) is 4.98 Å². The largest absolute Gasteiger partial charge is 0.343 e. The van der Waals surface area contributed by atoms with E-state index in [0.29, 0.717) is 11.3 Å². The van der Waals surface area contributed by atoms with E-state index in [9.17, 15) is 9.59 Å². The predicted octanol–water partition coefficient (Wildman–Crippen LogP) is 3.58. The standard InChI is InChI=1S/C21H23N3O2/c25-19(23-13-6-1-2-7-14-23)15-18-20-17(11-8-12-22-20)21(26)24(18)16-9-4-3-5-10-16/h3-5,8-12,18H,1-2,6-7,13-15H2. The van der Waals surface area contributed by atoms with Crippen LogP contribution in [0.2, 0.25) is 0 Å². The first-order chi connectivity index (χ1) is 12.8. The van der Waals surface area contributed by atoms with Crippen molar-refractivity contribution in [3.8, 4) is 0 Å². The van der Waals surface area contributed by atoms with Crippen LogP contribution in [0.25, 0.3) is 0 Å². The summed E-state index contributed by atoms with van der Waals surface area (Å²) in [5.41, 5.74) is 2.12. The maximum absolute atomic E-state index is 13.0. The molecule has 1 fully saturated rings. The zero-order valence-electron chi connectivity index (χ0n) is 14.8. The number of hydrogen-bond acceptors (Lipinski definition) is 3. The number of fused-ring (bicyclic) bond motifs is 1. The molecule has 3 heterocycles. The molecule has 26 heavy (non-hydrogen) atoms. The Morgan fingerprint density at radius 3 is 2.46 bits per heavy atom. The number of benzene rings is 1. The van der Waals surface area contributed by atoms with Gasteiger partial charge in [0.1, 0.15) is 0 Å². The van der Waals surface area contributed by atoms with Gasteiger partial charge in [0.05, 0.1) is 23.7 Å². The molecule has 0 radical (unpaired) electrons. The van der Waals surface area contributed by atoms with Crippen molar-refractivity contribution in [2.75, 3.05) is 18.0 Å². The van der Waals surface area contributed by atoms with Gasteiger partial charge in [0.25, 0.3) is 5.91 Å². The molecule has 1 atom stereocenters. The third kappa shape index (κ3) is 3.09. The molecule has 0 aliphatic carbocycles. The molecule has 1 aromatic carbocycles. The fourth-order valence-corrected chi connectivity index (χ4v) is 3.95. The van der Waals surface area contributed by atoms with Crippen LogP contribution in [0.3, 0.4) is 0 Å². The number of rotatable bonds is 3. The molecular weight excluding hydrogens is 326 g/mol. The van der Waals surface area contributed by atoms with E-state index >= 15 is 0 Å². The summed E-state index contributed by atoms with van der Waals surface area (Å²) < 4.78 is 0. The van der Waals surface area contributed by atoms with Crippen molar-refractivity contribution in [1.82, 2.24) is 9.88 Å². The smallest absolute Gasteiger partial charge is 0.260 e. The van der Waals surface area contributed by atoms with Crippen LogP contribution in [0.15, 0.2) is 48.7 Å². The molecule has 2 amide bonds. The SMILES string of the molecule is O=C(CC1c2ncccc2C(=O)N1c1ccccc1)N1CCCCCC1. The lowest BCUT2D eigenvalue weighted by atomic mass is 10.1. The number of hydrogen-bond donors (Lipinski definition) is 0. The molecule has 2 aromatic rings. The lowest BCUT2D eigenvalue weighted by molar-refractivity contribution is -0.131. The number of nitrogens with zero attached hydrogens (tertiary/aromatic N) is 3. The van der Waals surface area contributed by atoms with Crippen molar-refractivity contribution in [1.29, 1.82) is 0 Å². The van der Waals surface area contributed by atoms with Gasteiger partial charge >= 0.3 is 0 Å². The molecule has 2 aliphatic rings. The zero-order chi connectivity index (χ0) is 17.9. The Kier molecular flexibility index (Phi) is 4.69. The molecule has 5 heteroatoms. The average Bonchev–Trinajstić information content (AvgIpc) is 2.86. The first-order valence-electron chi connectivity index (χ1n) is 9.37. The number of likely N-dealkylation sites (tertiary alicyclic amines) is 1. The third-order valence-electron chi connectivity index (χ3n) is 5.28.